The van der Waals surface area contributed by atoms with Gasteiger partial charge in [0.2, 0.25) is 5.91 Å². The maximum absolute atomic E-state index is 12.8. The van der Waals surface area contributed by atoms with Crippen molar-refractivity contribution >= 4 is 27.8 Å². The molecule has 1 unspecified atom stereocenters. The highest BCUT2D eigenvalue weighted by molar-refractivity contribution is 9.10. The van der Waals surface area contributed by atoms with E-state index in [9.17, 15) is 14.7 Å². The molecular weight excluding hydrogens is 442 g/mol. The summed E-state index contributed by atoms with van der Waals surface area (Å²) < 4.78 is 1.08. The molecule has 1 aliphatic carbocycles. The van der Waals surface area contributed by atoms with Crippen molar-refractivity contribution < 1.29 is 14.7 Å². The second-order valence-corrected chi connectivity index (χ2v) is 9.64. The summed E-state index contributed by atoms with van der Waals surface area (Å²) in [6, 6.07) is 14.4. The van der Waals surface area contributed by atoms with E-state index in [0.29, 0.717) is 6.42 Å². The van der Waals surface area contributed by atoms with E-state index < -0.39 is 5.97 Å². The number of hydrogen-bond donors (Lipinski definition) is 1. The minimum Gasteiger partial charge on any atom is -0.481 e. The van der Waals surface area contributed by atoms with Gasteiger partial charge in [0.05, 0.1) is 6.42 Å². The van der Waals surface area contributed by atoms with Gasteiger partial charge in [0.15, 0.2) is 0 Å². The maximum atomic E-state index is 12.8. The summed E-state index contributed by atoms with van der Waals surface area (Å²) in [5.74, 6) is -0.467. The van der Waals surface area contributed by atoms with Crippen molar-refractivity contribution in [2.24, 2.45) is 0 Å². The Bertz CT molecular complexity index is 963. The van der Waals surface area contributed by atoms with Crippen LogP contribution < -0.4 is 0 Å². The number of amides is 1. The Morgan fingerprint density at radius 2 is 1.87 bits per heavy atom. The zero-order valence-corrected chi connectivity index (χ0v) is 19.0. The molecule has 30 heavy (non-hydrogen) atoms. The Hall–Kier alpha value is -2.14. The molecule has 2 aromatic rings. The van der Waals surface area contributed by atoms with Crippen molar-refractivity contribution in [2.45, 2.75) is 56.8 Å². The molecule has 2 aromatic carbocycles. The third-order valence-electron chi connectivity index (χ3n) is 7.02. The highest BCUT2D eigenvalue weighted by atomic mass is 79.9. The monoisotopic (exact) mass is 469 g/mol. The molecular formula is C25H28BrNO3. The van der Waals surface area contributed by atoms with E-state index in [1.807, 2.05) is 23.1 Å². The van der Waals surface area contributed by atoms with Crippen LogP contribution in [0.3, 0.4) is 0 Å². The Labute approximate surface area is 186 Å². The number of rotatable bonds is 5. The lowest BCUT2D eigenvalue weighted by Crippen LogP contribution is -2.44. The molecule has 0 saturated carbocycles. The number of aliphatic carboxylic acids is 1. The van der Waals surface area contributed by atoms with E-state index in [0.717, 1.165) is 43.2 Å². The molecule has 1 amide bonds. The number of nitrogens with zero attached hydrogens (tertiary/aromatic N) is 1. The standard InChI is InChI=1S/C25H28BrNO3/c1-17-5-2-3-6-18(17)9-10-22(28)27-13-11-25(12-14-27)16-19(15-23(29)30)20-7-4-8-21(26)24(20)25/h2-8,19H,9-16H2,1H3,(H,29,30). The summed E-state index contributed by atoms with van der Waals surface area (Å²) in [4.78, 5) is 26.3. The number of carboxylic acid groups (broad SMARTS) is 1. The Kier molecular flexibility index (Phi) is 6.01. The first-order valence-corrected chi connectivity index (χ1v) is 11.5. The first-order valence-electron chi connectivity index (χ1n) is 10.7. The number of aryl methyl sites for hydroxylation is 2. The van der Waals surface area contributed by atoms with Crippen LogP contribution in [-0.2, 0) is 21.4 Å². The summed E-state index contributed by atoms with van der Waals surface area (Å²) in [5.41, 5.74) is 4.90. The smallest absolute Gasteiger partial charge is 0.303 e. The van der Waals surface area contributed by atoms with Gasteiger partial charge in [-0.2, -0.15) is 0 Å². The van der Waals surface area contributed by atoms with Crippen molar-refractivity contribution in [3.63, 3.8) is 0 Å². The van der Waals surface area contributed by atoms with Crippen molar-refractivity contribution in [1.82, 2.24) is 4.90 Å². The number of carbonyl (C=O) groups excluding carboxylic acids is 1. The normalized spacial score (nSPS) is 19.7. The molecule has 1 N–H and O–H groups in total. The number of likely N-dealkylation sites (tertiary alicyclic amines) is 1. The van der Waals surface area contributed by atoms with Gasteiger partial charge in [0.25, 0.3) is 0 Å². The number of piperidine rings is 1. The average Bonchev–Trinajstić information content (AvgIpc) is 3.01. The first-order chi connectivity index (χ1) is 14.4. The summed E-state index contributed by atoms with van der Waals surface area (Å²) in [5, 5.41) is 9.38. The SMILES string of the molecule is Cc1ccccc1CCC(=O)N1CCC2(CC1)CC(CC(=O)O)c1cccc(Br)c12. The van der Waals surface area contributed by atoms with Crippen LogP contribution in [0.5, 0.6) is 0 Å². The minimum absolute atomic E-state index is 0.0255. The minimum atomic E-state index is -0.744. The zero-order valence-electron chi connectivity index (χ0n) is 17.4. The number of fused-ring (bicyclic) bond motifs is 2. The first kappa shape index (κ1) is 21.1. The van der Waals surface area contributed by atoms with Crippen LogP contribution in [0.1, 0.15) is 60.3 Å². The fraction of sp³-hybridized carbons (Fsp3) is 0.440. The van der Waals surface area contributed by atoms with E-state index in [1.165, 1.54) is 22.3 Å². The van der Waals surface area contributed by atoms with Crippen LogP contribution in [0.15, 0.2) is 46.9 Å². The van der Waals surface area contributed by atoms with Crippen LogP contribution >= 0.6 is 15.9 Å². The van der Waals surface area contributed by atoms with E-state index in [4.69, 9.17) is 0 Å². The molecule has 0 bridgehead atoms. The Balaban J connectivity index is 1.44. The maximum Gasteiger partial charge on any atom is 0.303 e. The summed E-state index contributed by atoms with van der Waals surface area (Å²) in [6.45, 7) is 3.58. The molecule has 4 rings (SSSR count). The fourth-order valence-electron chi connectivity index (χ4n) is 5.45. The number of benzene rings is 2. The Morgan fingerprint density at radius 1 is 1.13 bits per heavy atom. The lowest BCUT2D eigenvalue weighted by molar-refractivity contribution is -0.137. The quantitative estimate of drug-likeness (QED) is 0.653. The molecule has 5 heteroatoms. The Morgan fingerprint density at radius 3 is 2.57 bits per heavy atom. The highest BCUT2D eigenvalue weighted by Crippen LogP contribution is 2.55. The van der Waals surface area contributed by atoms with E-state index in [2.05, 4.69) is 47.1 Å². The van der Waals surface area contributed by atoms with Gasteiger partial charge in [0, 0.05) is 29.4 Å². The fourth-order valence-corrected chi connectivity index (χ4v) is 6.25. The second-order valence-electron chi connectivity index (χ2n) is 8.79. The van der Waals surface area contributed by atoms with Gasteiger partial charge in [-0.25, -0.2) is 0 Å². The lowest BCUT2D eigenvalue weighted by atomic mass is 9.73. The second kappa shape index (κ2) is 8.54. The lowest BCUT2D eigenvalue weighted by Gasteiger charge is -2.41. The summed E-state index contributed by atoms with van der Waals surface area (Å²) in [6.07, 6.45) is 4.15. The van der Waals surface area contributed by atoms with Crippen molar-refractivity contribution in [2.75, 3.05) is 13.1 Å². The van der Waals surface area contributed by atoms with E-state index in [1.54, 1.807) is 0 Å². The van der Waals surface area contributed by atoms with Crippen LogP contribution in [0.2, 0.25) is 0 Å². The van der Waals surface area contributed by atoms with Gasteiger partial charge in [-0.05, 0) is 66.8 Å². The van der Waals surface area contributed by atoms with Crippen LogP contribution in [0.25, 0.3) is 0 Å². The molecule has 1 heterocycles. The molecule has 1 saturated heterocycles. The molecule has 0 radical (unpaired) electrons. The predicted molar refractivity (Wildman–Crippen MR) is 121 cm³/mol. The molecule has 1 atom stereocenters. The van der Waals surface area contributed by atoms with Gasteiger partial charge in [0.1, 0.15) is 0 Å². The van der Waals surface area contributed by atoms with Crippen molar-refractivity contribution in [3.05, 3.63) is 69.2 Å². The number of carboxylic acids is 1. The van der Waals surface area contributed by atoms with Gasteiger partial charge in [-0.1, -0.05) is 52.3 Å². The molecule has 0 aromatic heterocycles. The van der Waals surface area contributed by atoms with Gasteiger partial charge in [-0.3, -0.25) is 9.59 Å². The highest BCUT2D eigenvalue weighted by Gasteiger charge is 2.47. The third-order valence-corrected chi connectivity index (χ3v) is 7.68. The molecule has 158 valence electrons. The molecule has 1 fully saturated rings. The summed E-state index contributed by atoms with van der Waals surface area (Å²) >= 11 is 3.73. The summed E-state index contributed by atoms with van der Waals surface area (Å²) in [7, 11) is 0. The molecule has 4 nitrogen and oxygen atoms in total. The predicted octanol–water partition coefficient (Wildman–Crippen LogP) is 5.21. The molecule has 1 spiro atoms. The van der Waals surface area contributed by atoms with E-state index >= 15 is 0 Å². The van der Waals surface area contributed by atoms with Crippen molar-refractivity contribution in [1.29, 1.82) is 0 Å². The van der Waals surface area contributed by atoms with E-state index in [-0.39, 0.29) is 23.7 Å². The van der Waals surface area contributed by atoms with Crippen molar-refractivity contribution in [3.8, 4) is 0 Å². The number of carbonyl (C=O) groups is 2. The average molecular weight is 470 g/mol. The third kappa shape index (κ3) is 4.04. The molecule has 2 aliphatic rings. The largest absolute Gasteiger partial charge is 0.481 e. The van der Waals surface area contributed by atoms with Crippen LogP contribution in [0, 0.1) is 6.92 Å². The number of hydrogen-bond acceptors (Lipinski definition) is 2. The van der Waals surface area contributed by atoms with Gasteiger partial charge < -0.3 is 10.0 Å². The van der Waals surface area contributed by atoms with Crippen LogP contribution in [-0.4, -0.2) is 35.0 Å². The van der Waals surface area contributed by atoms with Gasteiger partial charge >= 0.3 is 5.97 Å². The zero-order chi connectivity index (χ0) is 21.3. The topological polar surface area (TPSA) is 57.6 Å². The van der Waals surface area contributed by atoms with Gasteiger partial charge in [-0.15, -0.1) is 0 Å². The van der Waals surface area contributed by atoms with Crippen LogP contribution in [0.4, 0.5) is 0 Å². The number of halogens is 1. The molecule has 1 aliphatic heterocycles.